The Labute approximate surface area is 118 Å². The molecule has 1 aliphatic heterocycles. The summed E-state index contributed by atoms with van der Waals surface area (Å²) < 4.78 is 6.50. The van der Waals surface area contributed by atoms with Crippen molar-refractivity contribution in [3.05, 3.63) is 24.2 Å². The van der Waals surface area contributed by atoms with E-state index in [4.69, 9.17) is 16.6 Å². The van der Waals surface area contributed by atoms with Crippen molar-refractivity contribution in [1.82, 2.24) is 9.80 Å². The average molecular weight is 282 g/mol. The lowest BCUT2D eigenvalue weighted by Gasteiger charge is -2.39. The highest BCUT2D eigenvalue weighted by atomic mass is 32.2. The van der Waals surface area contributed by atoms with Gasteiger partial charge in [-0.1, -0.05) is 36.8 Å². The van der Waals surface area contributed by atoms with Crippen molar-refractivity contribution in [1.29, 1.82) is 0 Å². The van der Waals surface area contributed by atoms with Crippen molar-refractivity contribution >= 4 is 28.3 Å². The fraction of sp³-hybridized carbons (Fsp3) is 0.615. The zero-order chi connectivity index (χ0) is 12.4. The van der Waals surface area contributed by atoms with Gasteiger partial charge >= 0.3 is 0 Å². The van der Waals surface area contributed by atoms with Gasteiger partial charge in [0.1, 0.15) is 10.1 Å². The highest BCUT2D eigenvalue weighted by Crippen LogP contribution is 2.30. The van der Waals surface area contributed by atoms with Gasteiger partial charge in [0.05, 0.1) is 25.4 Å². The predicted octanol–water partition coefficient (Wildman–Crippen LogP) is 3.27. The summed E-state index contributed by atoms with van der Waals surface area (Å²) in [7, 11) is 0. The third-order valence-corrected chi connectivity index (χ3v) is 5.25. The quantitative estimate of drug-likeness (QED) is 0.790. The summed E-state index contributed by atoms with van der Waals surface area (Å²) in [4.78, 5) is 4.82. The summed E-state index contributed by atoms with van der Waals surface area (Å²) in [5.74, 6) is 2.01. The number of hydrogen-bond donors (Lipinski definition) is 0. The Balaban J connectivity index is 1.62. The van der Waals surface area contributed by atoms with Crippen molar-refractivity contribution in [2.75, 3.05) is 12.5 Å². The van der Waals surface area contributed by atoms with E-state index in [0.717, 1.165) is 29.2 Å². The fourth-order valence-corrected chi connectivity index (χ4v) is 3.95. The first-order valence-corrected chi connectivity index (χ1v) is 7.90. The minimum atomic E-state index is 0.671. The minimum Gasteiger partial charge on any atom is -0.468 e. The maximum atomic E-state index is 5.50. The first-order valence-electron chi connectivity index (χ1n) is 6.51. The smallest absolute Gasteiger partial charge is 0.138 e. The molecule has 1 aromatic rings. The molecule has 0 amide bonds. The Morgan fingerprint density at radius 3 is 2.94 bits per heavy atom. The molecule has 0 radical (unpaired) electrons. The normalized spacial score (nSPS) is 22.9. The topological polar surface area (TPSA) is 19.6 Å². The van der Waals surface area contributed by atoms with Gasteiger partial charge in [-0.25, -0.2) is 0 Å². The van der Waals surface area contributed by atoms with Crippen LogP contribution in [0.4, 0.5) is 0 Å². The molecule has 1 saturated heterocycles. The van der Waals surface area contributed by atoms with Gasteiger partial charge in [0, 0.05) is 6.04 Å². The third-order valence-electron chi connectivity index (χ3n) is 3.68. The second-order valence-corrected chi connectivity index (χ2v) is 6.58. The zero-order valence-electron chi connectivity index (χ0n) is 10.4. The van der Waals surface area contributed by atoms with Gasteiger partial charge in [0.15, 0.2) is 0 Å². The number of nitrogens with zero attached hydrogens (tertiary/aromatic N) is 2. The molecule has 0 spiro atoms. The molecule has 0 atom stereocenters. The van der Waals surface area contributed by atoms with E-state index in [0.29, 0.717) is 6.04 Å². The number of hydrogen-bond acceptors (Lipinski definition) is 4. The van der Waals surface area contributed by atoms with E-state index in [1.807, 2.05) is 12.1 Å². The summed E-state index contributed by atoms with van der Waals surface area (Å²) in [6.45, 7) is 1.84. The van der Waals surface area contributed by atoms with Crippen molar-refractivity contribution in [2.45, 2.75) is 38.3 Å². The van der Waals surface area contributed by atoms with Gasteiger partial charge in [0.2, 0.25) is 0 Å². The van der Waals surface area contributed by atoms with Gasteiger partial charge in [-0.15, -0.1) is 0 Å². The molecule has 3 nitrogen and oxygen atoms in total. The van der Waals surface area contributed by atoms with Crippen molar-refractivity contribution in [3.8, 4) is 0 Å². The molecule has 2 aliphatic rings. The molecule has 1 saturated carbocycles. The van der Waals surface area contributed by atoms with Gasteiger partial charge < -0.3 is 9.32 Å². The Kier molecular flexibility index (Phi) is 3.91. The van der Waals surface area contributed by atoms with Crippen LogP contribution in [0.25, 0.3) is 0 Å². The van der Waals surface area contributed by atoms with Crippen molar-refractivity contribution < 1.29 is 4.42 Å². The molecule has 98 valence electrons. The van der Waals surface area contributed by atoms with E-state index in [1.165, 1.54) is 25.7 Å². The summed E-state index contributed by atoms with van der Waals surface area (Å²) in [6, 6.07) is 4.66. The van der Waals surface area contributed by atoms with Gasteiger partial charge in [-0.05, 0) is 25.0 Å². The summed E-state index contributed by atoms with van der Waals surface area (Å²) in [5.41, 5.74) is 0. The maximum absolute atomic E-state index is 5.50. The Hall–Kier alpha value is -0.520. The Morgan fingerprint density at radius 1 is 1.39 bits per heavy atom. The molecule has 2 heterocycles. The van der Waals surface area contributed by atoms with Crippen LogP contribution in [0.15, 0.2) is 22.8 Å². The van der Waals surface area contributed by atoms with Crippen LogP contribution >= 0.6 is 24.0 Å². The number of thioether (sulfide) groups is 1. The predicted molar refractivity (Wildman–Crippen MR) is 78.3 cm³/mol. The van der Waals surface area contributed by atoms with Crippen molar-refractivity contribution in [2.24, 2.45) is 0 Å². The van der Waals surface area contributed by atoms with Crippen LogP contribution in [0.2, 0.25) is 0 Å². The summed E-state index contributed by atoms with van der Waals surface area (Å²) >= 11 is 7.29. The molecule has 1 aromatic heterocycles. The lowest BCUT2D eigenvalue weighted by atomic mass is 10.2. The molecule has 0 aromatic carbocycles. The monoisotopic (exact) mass is 282 g/mol. The van der Waals surface area contributed by atoms with Crippen LogP contribution in [0.3, 0.4) is 0 Å². The van der Waals surface area contributed by atoms with E-state index in [1.54, 1.807) is 18.0 Å². The molecule has 18 heavy (non-hydrogen) atoms. The largest absolute Gasteiger partial charge is 0.468 e. The molecular weight excluding hydrogens is 264 g/mol. The molecule has 3 rings (SSSR count). The molecule has 1 aliphatic carbocycles. The first-order chi connectivity index (χ1) is 8.83. The average Bonchev–Trinajstić information content (AvgIpc) is 3.04. The van der Waals surface area contributed by atoms with Crippen LogP contribution in [-0.2, 0) is 6.54 Å². The second-order valence-electron chi connectivity index (χ2n) is 5.00. The highest BCUT2D eigenvalue weighted by Gasteiger charge is 2.29. The minimum absolute atomic E-state index is 0.671. The SMILES string of the molecule is S=C1SCN(Cc2ccco2)CN1C1CCCC1. The van der Waals surface area contributed by atoms with Gasteiger partial charge in [0.25, 0.3) is 0 Å². The second kappa shape index (κ2) is 5.63. The zero-order valence-corrected chi connectivity index (χ0v) is 12.0. The molecular formula is C13H18N2OS2. The molecule has 5 heteroatoms. The van der Waals surface area contributed by atoms with Gasteiger partial charge in [-0.3, -0.25) is 4.90 Å². The lowest BCUT2D eigenvalue weighted by Crippen LogP contribution is -2.48. The van der Waals surface area contributed by atoms with E-state index < -0.39 is 0 Å². The summed E-state index contributed by atoms with van der Waals surface area (Å²) in [5, 5.41) is 0. The fourth-order valence-electron chi connectivity index (χ4n) is 2.74. The van der Waals surface area contributed by atoms with E-state index >= 15 is 0 Å². The third kappa shape index (κ3) is 2.73. The van der Waals surface area contributed by atoms with Crippen molar-refractivity contribution in [3.63, 3.8) is 0 Å². The molecule has 0 bridgehead atoms. The lowest BCUT2D eigenvalue weighted by molar-refractivity contribution is 0.161. The number of thiocarbonyl (C=S) groups is 1. The van der Waals surface area contributed by atoms with E-state index in [-0.39, 0.29) is 0 Å². The Bertz CT molecular complexity index is 401. The van der Waals surface area contributed by atoms with Gasteiger partial charge in [-0.2, -0.15) is 0 Å². The van der Waals surface area contributed by atoms with Crippen LogP contribution in [0, 0.1) is 0 Å². The van der Waals surface area contributed by atoms with Crippen LogP contribution in [-0.4, -0.2) is 32.7 Å². The molecule has 2 fully saturated rings. The van der Waals surface area contributed by atoms with Crippen LogP contribution in [0.5, 0.6) is 0 Å². The maximum Gasteiger partial charge on any atom is 0.138 e. The van der Waals surface area contributed by atoms with E-state index in [2.05, 4.69) is 9.80 Å². The first kappa shape index (κ1) is 12.5. The summed E-state index contributed by atoms with van der Waals surface area (Å²) in [6.07, 6.45) is 7.05. The van der Waals surface area contributed by atoms with E-state index in [9.17, 15) is 0 Å². The van der Waals surface area contributed by atoms with Crippen LogP contribution < -0.4 is 0 Å². The number of rotatable bonds is 3. The highest BCUT2D eigenvalue weighted by molar-refractivity contribution is 8.22. The molecule has 0 N–H and O–H groups in total. The van der Waals surface area contributed by atoms with Crippen LogP contribution in [0.1, 0.15) is 31.4 Å². The standard InChI is InChI=1S/C13H18N2OS2/c17-13-15(11-4-1-2-5-11)9-14(10-18-13)8-12-6-3-7-16-12/h3,6-7,11H,1-2,4-5,8-10H2. The Morgan fingerprint density at radius 2 is 2.22 bits per heavy atom. The number of furan rings is 1. The molecule has 0 unspecified atom stereocenters.